The number of benzene rings is 3. The third-order valence-electron chi connectivity index (χ3n) is 4.50. The number of nitrogens with zero attached hydrogens (tertiary/aromatic N) is 2. The maximum atomic E-state index is 3.58. The molecule has 0 spiro atoms. The standard InChI is InChI=1S/C20H20N3.ClH/c1-22(2)23(16-10-4-3-5-11-16)19-14-8-6-12-17(19)21-18-13-7-9-15-20(18)23;/h3-15,21H,1-2H3;1H/q+1;/p-1. The van der Waals surface area contributed by atoms with Crippen molar-refractivity contribution in [2.24, 2.45) is 0 Å². The molecule has 3 aromatic rings. The van der Waals surface area contributed by atoms with Gasteiger partial charge in [0.1, 0.15) is 11.4 Å². The van der Waals surface area contributed by atoms with Crippen LogP contribution in [0.5, 0.6) is 0 Å². The van der Waals surface area contributed by atoms with E-state index in [4.69, 9.17) is 0 Å². The SMILES string of the molecule is CN(C)[N+]1(c2ccccc2)c2ccccc2Nc2ccccc21.[Cl-]. The number of rotatable bonds is 2. The Morgan fingerprint density at radius 1 is 0.667 bits per heavy atom. The lowest BCUT2D eigenvalue weighted by Crippen LogP contribution is -3.00. The molecule has 1 aliphatic rings. The molecule has 4 rings (SSSR count). The molecular weight excluding hydrogens is 318 g/mol. The lowest BCUT2D eigenvalue weighted by Gasteiger charge is -2.44. The van der Waals surface area contributed by atoms with Gasteiger partial charge < -0.3 is 17.7 Å². The van der Waals surface area contributed by atoms with E-state index in [0.29, 0.717) is 4.59 Å². The second-order valence-corrected chi connectivity index (χ2v) is 5.98. The van der Waals surface area contributed by atoms with E-state index < -0.39 is 0 Å². The van der Waals surface area contributed by atoms with Crippen molar-refractivity contribution in [2.45, 2.75) is 0 Å². The quantitative estimate of drug-likeness (QED) is 0.721. The number of quaternary nitrogens is 1. The minimum atomic E-state index is 0. The maximum Gasteiger partial charge on any atom is 0.186 e. The van der Waals surface area contributed by atoms with E-state index in [0.717, 1.165) is 11.4 Å². The fraction of sp³-hybridized carbons (Fsp3) is 0.100. The highest BCUT2D eigenvalue weighted by Crippen LogP contribution is 2.54. The summed E-state index contributed by atoms with van der Waals surface area (Å²) in [5.74, 6) is 0. The van der Waals surface area contributed by atoms with Crippen LogP contribution in [0.25, 0.3) is 0 Å². The number of para-hydroxylation sites is 5. The van der Waals surface area contributed by atoms with Gasteiger partial charge in [0.2, 0.25) is 0 Å². The minimum absolute atomic E-state index is 0. The highest BCUT2D eigenvalue weighted by molar-refractivity contribution is 5.92. The smallest absolute Gasteiger partial charge is 0.186 e. The fourth-order valence-corrected chi connectivity index (χ4v) is 3.58. The summed E-state index contributed by atoms with van der Waals surface area (Å²) in [5, 5.41) is 5.84. The van der Waals surface area contributed by atoms with E-state index in [1.165, 1.54) is 17.1 Å². The van der Waals surface area contributed by atoms with Gasteiger partial charge in [0.15, 0.2) is 17.1 Å². The molecular formula is C20H20ClN3. The zero-order valence-electron chi connectivity index (χ0n) is 13.8. The average Bonchev–Trinajstić information content (AvgIpc) is 2.60. The molecule has 122 valence electrons. The molecule has 3 aromatic carbocycles. The number of anilines is 2. The molecule has 1 heterocycles. The number of hydrogen-bond donors (Lipinski definition) is 1. The Hall–Kier alpha value is -2.33. The summed E-state index contributed by atoms with van der Waals surface area (Å²) in [5.41, 5.74) is 5.95. The van der Waals surface area contributed by atoms with Crippen LogP contribution in [0.2, 0.25) is 0 Å². The first-order valence-corrected chi connectivity index (χ1v) is 7.83. The van der Waals surface area contributed by atoms with Crippen molar-refractivity contribution in [3.63, 3.8) is 0 Å². The van der Waals surface area contributed by atoms with Gasteiger partial charge in [-0.25, -0.2) is 0 Å². The Balaban J connectivity index is 0.00000169. The Bertz CT molecular complexity index is 801. The molecule has 0 bridgehead atoms. The van der Waals surface area contributed by atoms with Crippen molar-refractivity contribution in [1.29, 1.82) is 0 Å². The molecule has 0 fully saturated rings. The van der Waals surface area contributed by atoms with Crippen LogP contribution in [-0.2, 0) is 0 Å². The van der Waals surface area contributed by atoms with Gasteiger partial charge in [-0.05, 0) is 12.1 Å². The van der Waals surface area contributed by atoms with Crippen LogP contribution in [0.4, 0.5) is 28.4 Å². The summed E-state index contributed by atoms with van der Waals surface area (Å²) >= 11 is 0. The van der Waals surface area contributed by atoms with E-state index in [-0.39, 0.29) is 12.4 Å². The van der Waals surface area contributed by atoms with Gasteiger partial charge >= 0.3 is 0 Å². The average molecular weight is 338 g/mol. The summed E-state index contributed by atoms with van der Waals surface area (Å²) in [4.78, 5) is 0. The largest absolute Gasteiger partial charge is 1.00 e. The summed E-state index contributed by atoms with van der Waals surface area (Å²) in [6.45, 7) is 0. The fourth-order valence-electron chi connectivity index (χ4n) is 3.58. The van der Waals surface area contributed by atoms with E-state index >= 15 is 0 Å². The van der Waals surface area contributed by atoms with Crippen LogP contribution < -0.4 is 22.3 Å². The van der Waals surface area contributed by atoms with Crippen LogP contribution >= 0.6 is 0 Å². The van der Waals surface area contributed by atoms with Crippen LogP contribution in [-0.4, -0.2) is 19.1 Å². The third kappa shape index (κ3) is 2.21. The molecule has 3 nitrogen and oxygen atoms in total. The van der Waals surface area contributed by atoms with Gasteiger partial charge in [0.25, 0.3) is 0 Å². The predicted molar refractivity (Wildman–Crippen MR) is 97.4 cm³/mol. The second kappa shape index (κ2) is 6.29. The maximum absolute atomic E-state index is 3.58. The molecule has 0 aliphatic carbocycles. The van der Waals surface area contributed by atoms with E-state index in [2.05, 4.69) is 103 Å². The first-order chi connectivity index (χ1) is 11.2. The Kier molecular flexibility index (Phi) is 4.33. The highest BCUT2D eigenvalue weighted by atomic mass is 35.5. The Morgan fingerprint density at radius 2 is 1.12 bits per heavy atom. The predicted octanol–water partition coefficient (Wildman–Crippen LogP) is 2.19. The summed E-state index contributed by atoms with van der Waals surface area (Å²) in [6.07, 6.45) is 0. The second-order valence-electron chi connectivity index (χ2n) is 5.98. The van der Waals surface area contributed by atoms with E-state index in [9.17, 15) is 0 Å². The molecule has 0 radical (unpaired) electrons. The number of hydrogen-bond acceptors (Lipinski definition) is 2. The van der Waals surface area contributed by atoms with Crippen molar-refractivity contribution in [2.75, 3.05) is 19.4 Å². The van der Waals surface area contributed by atoms with Crippen LogP contribution in [0.1, 0.15) is 0 Å². The molecule has 24 heavy (non-hydrogen) atoms. The summed E-state index contributed by atoms with van der Waals surface area (Å²) in [7, 11) is 4.26. The first-order valence-electron chi connectivity index (χ1n) is 7.83. The van der Waals surface area contributed by atoms with Crippen molar-refractivity contribution < 1.29 is 12.4 Å². The van der Waals surface area contributed by atoms with Gasteiger partial charge in [-0.1, -0.05) is 42.5 Å². The van der Waals surface area contributed by atoms with Gasteiger partial charge in [0, 0.05) is 38.4 Å². The van der Waals surface area contributed by atoms with Crippen molar-refractivity contribution in [1.82, 2.24) is 9.60 Å². The lowest BCUT2D eigenvalue weighted by molar-refractivity contribution is -0.00000456. The van der Waals surface area contributed by atoms with Crippen LogP contribution in [0, 0.1) is 0 Å². The molecule has 1 N–H and O–H groups in total. The lowest BCUT2D eigenvalue weighted by atomic mass is 10.1. The number of nitrogens with one attached hydrogen (secondary N) is 1. The molecule has 1 aliphatic heterocycles. The van der Waals surface area contributed by atoms with Gasteiger partial charge in [-0.2, -0.15) is 0 Å². The summed E-state index contributed by atoms with van der Waals surface area (Å²) < 4.78 is 0.570. The van der Waals surface area contributed by atoms with Gasteiger partial charge in [-0.3, -0.25) is 0 Å². The van der Waals surface area contributed by atoms with E-state index in [1.807, 2.05) is 0 Å². The Morgan fingerprint density at radius 3 is 1.62 bits per heavy atom. The monoisotopic (exact) mass is 337 g/mol. The number of fused-ring (bicyclic) bond motifs is 2. The Labute approximate surface area is 149 Å². The molecule has 0 amide bonds. The van der Waals surface area contributed by atoms with Crippen LogP contribution in [0.15, 0.2) is 78.9 Å². The number of halogens is 1. The molecule has 0 atom stereocenters. The van der Waals surface area contributed by atoms with Gasteiger partial charge in [-0.15, -0.1) is 9.60 Å². The van der Waals surface area contributed by atoms with Crippen molar-refractivity contribution >= 4 is 28.4 Å². The third-order valence-corrected chi connectivity index (χ3v) is 4.50. The topological polar surface area (TPSA) is 15.3 Å². The van der Waals surface area contributed by atoms with Gasteiger partial charge in [0.05, 0.1) is 0 Å². The summed E-state index contributed by atoms with van der Waals surface area (Å²) in [6, 6.07) is 27.7. The zero-order valence-corrected chi connectivity index (χ0v) is 14.5. The molecule has 0 saturated heterocycles. The molecule has 0 unspecified atom stereocenters. The first kappa shape index (κ1) is 16.5. The van der Waals surface area contributed by atoms with Crippen molar-refractivity contribution in [3.05, 3.63) is 78.9 Å². The molecule has 4 heteroatoms. The normalized spacial score (nSPS) is 14.1. The highest BCUT2D eigenvalue weighted by Gasteiger charge is 2.45. The zero-order chi connectivity index (χ0) is 15.9. The molecule has 0 saturated carbocycles. The minimum Gasteiger partial charge on any atom is -1.00 e. The van der Waals surface area contributed by atoms with Crippen LogP contribution in [0.3, 0.4) is 0 Å². The molecule has 0 aromatic heterocycles. The van der Waals surface area contributed by atoms with Crippen molar-refractivity contribution in [3.8, 4) is 0 Å². The van der Waals surface area contributed by atoms with E-state index in [1.54, 1.807) is 0 Å².